The highest BCUT2D eigenvalue weighted by Crippen LogP contribution is 2.22. The van der Waals surface area contributed by atoms with Crippen LogP contribution >= 0.6 is 0 Å². The van der Waals surface area contributed by atoms with E-state index in [1.807, 2.05) is 12.2 Å². The van der Waals surface area contributed by atoms with Crippen molar-refractivity contribution in [2.75, 3.05) is 5.32 Å². The molecule has 1 aromatic heterocycles. The third-order valence-corrected chi connectivity index (χ3v) is 2.66. The summed E-state index contributed by atoms with van der Waals surface area (Å²) >= 11 is 0. The molecule has 0 fully saturated rings. The highest BCUT2D eigenvalue weighted by molar-refractivity contribution is 5.93. The fourth-order valence-electron chi connectivity index (χ4n) is 1.76. The number of nitrogens with one attached hydrogen (secondary N) is 1. The summed E-state index contributed by atoms with van der Waals surface area (Å²) in [6, 6.07) is 1.11. The maximum Gasteiger partial charge on any atom is 0.339 e. The SMILES string of the molecule is O=C(O)c1cc([N+](=O)[O-])cnc1NC1CC=CC1. The first-order chi connectivity index (χ1) is 8.58. The summed E-state index contributed by atoms with van der Waals surface area (Å²) in [6.07, 6.45) is 6.61. The van der Waals surface area contributed by atoms with Gasteiger partial charge in [-0.3, -0.25) is 10.1 Å². The zero-order valence-corrected chi connectivity index (χ0v) is 9.37. The summed E-state index contributed by atoms with van der Waals surface area (Å²) in [5.74, 6) is -1.07. The summed E-state index contributed by atoms with van der Waals surface area (Å²) in [6.45, 7) is 0. The molecule has 7 heteroatoms. The largest absolute Gasteiger partial charge is 0.478 e. The van der Waals surface area contributed by atoms with Gasteiger partial charge in [-0.25, -0.2) is 9.78 Å². The summed E-state index contributed by atoms with van der Waals surface area (Å²) in [4.78, 5) is 24.8. The van der Waals surface area contributed by atoms with Crippen molar-refractivity contribution < 1.29 is 14.8 Å². The monoisotopic (exact) mass is 249 g/mol. The third kappa shape index (κ3) is 2.45. The standard InChI is InChI=1S/C11H11N3O4/c15-11(16)9-5-8(14(17)18)6-12-10(9)13-7-3-1-2-4-7/h1-2,5-7H,3-4H2,(H,12,13)(H,15,16). The van der Waals surface area contributed by atoms with Crippen LogP contribution in [-0.2, 0) is 0 Å². The van der Waals surface area contributed by atoms with Gasteiger partial charge in [0.1, 0.15) is 17.6 Å². The van der Waals surface area contributed by atoms with E-state index in [0.29, 0.717) is 0 Å². The van der Waals surface area contributed by atoms with Crippen molar-refractivity contribution in [3.63, 3.8) is 0 Å². The molecule has 0 radical (unpaired) electrons. The molecular formula is C11H11N3O4. The van der Waals surface area contributed by atoms with E-state index in [9.17, 15) is 14.9 Å². The molecule has 1 heterocycles. The van der Waals surface area contributed by atoms with Crippen LogP contribution in [0.1, 0.15) is 23.2 Å². The van der Waals surface area contributed by atoms with E-state index in [1.165, 1.54) is 0 Å². The second kappa shape index (κ2) is 4.82. The molecule has 0 aromatic carbocycles. The van der Waals surface area contributed by atoms with Gasteiger partial charge in [-0.05, 0) is 12.8 Å². The van der Waals surface area contributed by atoms with Gasteiger partial charge in [-0.15, -0.1) is 0 Å². The van der Waals surface area contributed by atoms with Crippen LogP contribution in [0.25, 0.3) is 0 Å². The number of nitro groups is 1. The molecule has 1 aliphatic carbocycles. The fourth-order valence-corrected chi connectivity index (χ4v) is 1.76. The van der Waals surface area contributed by atoms with E-state index in [4.69, 9.17) is 5.11 Å². The molecule has 0 amide bonds. The van der Waals surface area contributed by atoms with Gasteiger partial charge in [-0.1, -0.05) is 12.2 Å². The number of aromatic carboxylic acids is 1. The number of pyridine rings is 1. The van der Waals surface area contributed by atoms with E-state index in [2.05, 4.69) is 10.3 Å². The van der Waals surface area contributed by atoms with Crippen LogP contribution in [-0.4, -0.2) is 27.0 Å². The second-order valence-electron chi connectivity index (χ2n) is 3.94. The van der Waals surface area contributed by atoms with Crippen LogP contribution in [0.5, 0.6) is 0 Å². The lowest BCUT2D eigenvalue weighted by Gasteiger charge is -2.14. The molecule has 0 aliphatic heterocycles. The Morgan fingerprint density at radius 1 is 1.50 bits per heavy atom. The predicted octanol–water partition coefficient (Wildman–Crippen LogP) is 1.82. The summed E-state index contributed by atoms with van der Waals surface area (Å²) in [5, 5.41) is 22.6. The zero-order valence-electron chi connectivity index (χ0n) is 9.37. The molecule has 7 nitrogen and oxygen atoms in total. The molecule has 0 unspecified atom stereocenters. The normalized spacial score (nSPS) is 14.7. The van der Waals surface area contributed by atoms with Crippen LogP contribution in [0.4, 0.5) is 11.5 Å². The Bertz CT molecular complexity index is 519. The van der Waals surface area contributed by atoms with E-state index in [1.54, 1.807) is 0 Å². The summed E-state index contributed by atoms with van der Waals surface area (Å²) < 4.78 is 0. The molecule has 2 rings (SSSR count). The molecule has 1 aliphatic rings. The van der Waals surface area contributed by atoms with Crippen LogP contribution in [0, 0.1) is 10.1 Å². The maximum atomic E-state index is 11.1. The number of carbonyl (C=O) groups is 1. The van der Waals surface area contributed by atoms with Gasteiger partial charge in [0.15, 0.2) is 0 Å². The van der Waals surface area contributed by atoms with Crippen molar-refractivity contribution in [2.45, 2.75) is 18.9 Å². The lowest BCUT2D eigenvalue weighted by molar-refractivity contribution is -0.385. The Morgan fingerprint density at radius 2 is 2.17 bits per heavy atom. The van der Waals surface area contributed by atoms with Gasteiger partial charge in [0.25, 0.3) is 5.69 Å². The molecule has 1 aromatic rings. The lowest BCUT2D eigenvalue weighted by Crippen LogP contribution is -2.18. The fraction of sp³-hybridized carbons (Fsp3) is 0.273. The number of aromatic nitrogens is 1. The van der Waals surface area contributed by atoms with Crippen LogP contribution < -0.4 is 5.32 Å². The minimum atomic E-state index is -1.24. The van der Waals surface area contributed by atoms with E-state index >= 15 is 0 Å². The van der Waals surface area contributed by atoms with Crippen molar-refractivity contribution in [3.05, 3.63) is 40.1 Å². The van der Waals surface area contributed by atoms with Crippen molar-refractivity contribution in [1.29, 1.82) is 0 Å². The quantitative estimate of drug-likeness (QED) is 0.479. The minimum Gasteiger partial charge on any atom is -0.478 e. The van der Waals surface area contributed by atoms with Gasteiger partial charge < -0.3 is 10.4 Å². The van der Waals surface area contributed by atoms with Crippen LogP contribution in [0.2, 0.25) is 0 Å². The molecular weight excluding hydrogens is 238 g/mol. The molecule has 94 valence electrons. The third-order valence-electron chi connectivity index (χ3n) is 2.66. The first-order valence-corrected chi connectivity index (χ1v) is 5.37. The smallest absolute Gasteiger partial charge is 0.339 e. The highest BCUT2D eigenvalue weighted by Gasteiger charge is 2.20. The second-order valence-corrected chi connectivity index (χ2v) is 3.94. The average molecular weight is 249 g/mol. The van der Waals surface area contributed by atoms with E-state index in [-0.39, 0.29) is 23.1 Å². The van der Waals surface area contributed by atoms with Gasteiger partial charge in [0, 0.05) is 12.1 Å². The molecule has 18 heavy (non-hydrogen) atoms. The number of carboxylic acid groups (broad SMARTS) is 1. The van der Waals surface area contributed by atoms with E-state index < -0.39 is 10.9 Å². The lowest BCUT2D eigenvalue weighted by atomic mass is 10.2. The first kappa shape index (κ1) is 12.0. The molecule has 0 bridgehead atoms. The molecule has 0 saturated heterocycles. The van der Waals surface area contributed by atoms with Crippen molar-refractivity contribution >= 4 is 17.5 Å². The Balaban J connectivity index is 2.28. The zero-order chi connectivity index (χ0) is 13.1. The summed E-state index contributed by atoms with van der Waals surface area (Å²) in [5.41, 5.74) is -0.515. The number of anilines is 1. The molecule has 2 N–H and O–H groups in total. The van der Waals surface area contributed by atoms with Gasteiger partial charge in [0.2, 0.25) is 0 Å². The number of hydrogen-bond acceptors (Lipinski definition) is 5. The van der Waals surface area contributed by atoms with Crippen molar-refractivity contribution in [2.24, 2.45) is 0 Å². The topological polar surface area (TPSA) is 105 Å². The summed E-state index contributed by atoms with van der Waals surface area (Å²) in [7, 11) is 0. The first-order valence-electron chi connectivity index (χ1n) is 5.37. The predicted molar refractivity (Wildman–Crippen MR) is 63.6 cm³/mol. The van der Waals surface area contributed by atoms with Crippen molar-refractivity contribution in [3.8, 4) is 0 Å². The Kier molecular flexibility index (Phi) is 3.22. The molecule has 0 atom stereocenters. The highest BCUT2D eigenvalue weighted by atomic mass is 16.6. The van der Waals surface area contributed by atoms with Crippen LogP contribution in [0.3, 0.4) is 0 Å². The Hall–Kier alpha value is -2.44. The number of hydrogen-bond donors (Lipinski definition) is 2. The maximum absolute atomic E-state index is 11.1. The molecule has 0 spiro atoms. The number of nitrogens with zero attached hydrogens (tertiary/aromatic N) is 2. The average Bonchev–Trinajstić information content (AvgIpc) is 2.81. The number of carboxylic acids is 1. The minimum absolute atomic E-state index is 0.0945. The molecule has 0 saturated carbocycles. The van der Waals surface area contributed by atoms with Gasteiger partial charge >= 0.3 is 5.97 Å². The van der Waals surface area contributed by atoms with Crippen molar-refractivity contribution in [1.82, 2.24) is 4.98 Å². The Morgan fingerprint density at radius 3 is 2.72 bits per heavy atom. The Labute approximate surface area is 102 Å². The van der Waals surface area contributed by atoms with E-state index in [0.717, 1.165) is 25.1 Å². The van der Waals surface area contributed by atoms with Gasteiger partial charge in [0.05, 0.1) is 4.92 Å². The van der Waals surface area contributed by atoms with Gasteiger partial charge in [-0.2, -0.15) is 0 Å². The number of rotatable bonds is 4. The van der Waals surface area contributed by atoms with Crippen LogP contribution in [0.15, 0.2) is 24.4 Å².